The molecule has 3 aromatic carbocycles. The van der Waals surface area contributed by atoms with Crippen LogP contribution < -0.4 is 26.5 Å². The van der Waals surface area contributed by atoms with Crippen LogP contribution in [0.2, 0.25) is 0 Å². The van der Waals surface area contributed by atoms with Crippen molar-refractivity contribution >= 4 is 50.0 Å². The third kappa shape index (κ3) is 9.95. The molecule has 16 nitrogen and oxygen atoms in total. The summed E-state index contributed by atoms with van der Waals surface area (Å²) < 4.78 is 23.9. The molecule has 4 heterocycles. The van der Waals surface area contributed by atoms with E-state index in [0.29, 0.717) is 18.1 Å². The topological polar surface area (TPSA) is 259 Å². The van der Waals surface area contributed by atoms with E-state index >= 15 is 0 Å². The highest BCUT2D eigenvalue weighted by molar-refractivity contribution is 8.76. The van der Waals surface area contributed by atoms with E-state index in [9.17, 15) is 39.9 Å². The highest BCUT2D eigenvalue weighted by Gasteiger charge is 2.63. The van der Waals surface area contributed by atoms with Crippen LogP contribution in [0.25, 0.3) is 27.7 Å². The molecule has 10 unspecified atom stereocenters. The average Bonchev–Trinajstić information content (AvgIpc) is 3.86. The lowest BCUT2D eigenvalue weighted by atomic mass is 9.77. The van der Waals surface area contributed by atoms with Gasteiger partial charge < -0.3 is 60.2 Å². The number of hydrogen-bond acceptors (Lipinski definition) is 15. The zero-order chi connectivity index (χ0) is 47.4. The second-order valence-corrected chi connectivity index (χ2v) is 19.5. The second-order valence-electron chi connectivity index (χ2n) is 17.1. The predicted octanol–water partition coefficient (Wildman–Crippen LogP) is 5.29. The molecule has 2 saturated heterocycles. The number of aromatic hydroxyl groups is 1. The number of H-pyrrole nitrogens is 1. The van der Waals surface area contributed by atoms with Gasteiger partial charge in [-0.15, -0.1) is 0 Å². The molecule has 2 aliphatic heterocycles. The Morgan fingerprint density at radius 2 is 1.88 bits per heavy atom. The molecule has 3 aliphatic rings. The van der Waals surface area contributed by atoms with Crippen molar-refractivity contribution < 1.29 is 53.7 Å². The minimum atomic E-state index is -2.67. The normalized spacial score (nSPS) is 27.9. The van der Waals surface area contributed by atoms with E-state index in [-0.39, 0.29) is 63.8 Å². The Kier molecular flexibility index (Phi) is 15.0. The molecule has 2 fully saturated rings. The lowest BCUT2D eigenvalue weighted by molar-refractivity contribution is -0.342. The van der Waals surface area contributed by atoms with Crippen molar-refractivity contribution in [2.24, 2.45) is 17.6 Å². The van der Waals surface area contributed by atoms with Gasteiger partial charge in [-0.1, -0.05) is 83.1 Å². The van der Waals surface area contributed by atoms with Gasteiger partial charge in [0.2, 0.25) is 17.5 Å². The highest BCUT2D eigenvalue weighted by Crippen LogP contribution is 2.43. The van der Waals surface area contributed by atoms with Gasteiger partial charge in [-0.3, -0.25) is 14.9 Å². The summed E-state index contributed by atoms with van der Waals surface area (Å²) in [4.78, 5) is 42.2. The Hall–Kier alpha value is -5.41. The first kappa shape index (κ1) is 48.1. The van der Waals surface area contributed by atoms with Crippen LogP contribution in [0.4, 0.5) is 0 Å². The third-order valence-corrected chi connectivity index (χ3v) is 15.0. The molecule has 1 amide bonds. The number of primary amides is 1. The van der Waals surface area contributed by atoms with Gasteiger partial charge in [-0.05, 0) is 102 Å². The number of carbonyl (C=O) groups excluding carboxylic acids is 1. The van der Waals surface area contributed by atoms with Gasteiger partial charge in [-0.2, -0.15) is 0 Å². The Morgan fingerprint density at radius 3 is 2.61 bits per heavy atom. The van der Waals surface area contributed by atoms with Crippen molar-refractivity contribution in [2.45, 2.75) is 68.0 Å². The SMILES string of the molecule is CNCCC1C=CC(=CCC(C)C2CNC(O)C3(O)C(Oc4ccc5c(=O)c(-c6ccc(O)cc6)c(C(N)=O)oc5c4)OC(C(=O)O)C(O)C3OCSSCC2c2cc[nH]c2)c2ccccc21. The van der Waals surface area contributed by atoms with Gasteiger partial charge in [0.05, 0.1) is 10.9 Å². The minimum Gasteiger partial charge on any atom is -0.508 e. The summed E-state index contributed by atoms with van der Waals surface area (Å²) in [6.07, 6.45) is 2.49. The molecule has 0 bridgehead atoms. The molecule has 2 aromatic heterocycles. The smallest absolute Gasteiger partial charge is 0.335 e. The lowest BCUT2D eigenvalue weighted by Gasteiger charge is -2.50. The number of carboxylic acids is 1. The first-order valence-electron chi connectivity index (χ1n) is 22.0. The molecule has 354 valence electrons. The number of rotatable bonds is 12. The minimum absolute atomic E-state index is 0.00801. The number of phenols is 1. The van der Waals surface area contributed by atoms with E-state index in [1.807, 2.05) is 25.5 Å². The molecule has 5 aromatic rings. The van der Waals surface area contributed by atoms with Crippen molar-refractivity contribution in [3.05, 3.63) is 136 Å². The monoisotopic (exact) mass is 954 g/mol. The van der Waals surface area contributed by atoms with Crippen molar-refractivity contribution in [2.75, 3.05) is 31.8 Å². The number of nitrogens with two attached hydrogens (primary N) is 1. The second kappa shape index (κ2) is 20.8. The van der Waals surface area contributed by atoms with Crippen molar-refractivity contribution in [1.82, 2.24) is 15.6 Å². The van der Waals surface area contributed by atoms with Crippen LogP contribution in [0.15, 0.2) is 113 Å². The van der Waals surface area contributed by atoms with Gasteiger partial charge in [0.15, 0.2) is 11.7 Å². The number of aliphatic carboxylic acids is 1. The van der Waals surface area contributed by atoms with Crippen molar-refractivity contribution in [1.29, 1.82) is 0 Å². The molecular weight excluding hydrogens is 901 g/mol. The number of carbonyl (C=O) groups is 2. The molecule has 0 spiro atoms. The zero-order valence-electron chi connectivity index (χ0n) is 36.7. The van der Waals surface area contributed by atoms with E-state index in [4.69, 9.17) is 24.4 Å². The quantitative estimate of drug-likeness (QED) is 0.0720. The number of aliphatic hydroxyl groups excluding tert-OH is 2. The number of hydrogen-bond donors (Lipinski definition) is 9. The van der Waals surface area contributed by atoms with Crippen LogP contribution in [0.5, 0.6) is 11.5 Å². The number of amides is 1. The van der Waals surface area contributed by atoms with E-state index in [1.165, 1.54) is 75.2 Å². The van der Waals surface area contributed by atoms with E-state index in [0.717, 1.165) is 24.1 Å². The Morgan fingerprint density at radius 1 is 1.09 bits per heavy atom. The van der Waals surface area contributed by atoms with E-state index in [1.54, 1.807) is 0 Å². The molecule has 18 heteroatoms. The van der Waals surface area contributed by atoms with Crippen molar-refractivity contribution in [3.8, 4) is 22.6 Å². The van der Waals surface area contributed by atoms with E-state index in [2.05, 4.69) is 65.0 Å². The van der Waals surface area contributed by atoms with Gasteiger partial charge in [-0.25, -0.2) is 4.79 Å². The highest BCUT2D eigenvalue weighted by atomic mass is 33.1. The number of carboxylic acid groups (broad SMARTS) is 1. The Balaban J connectivity index is 1.12. The largest absolute Gasteiger partial charge is 0.508 e. The molecular formula is C49H54N4O12S2. The number of allylic oxidation sites excluding steroid dienone is 4. The first-order valence-corrected chi connectivity index (χ1v) is 24.5. The maximum absolute atomic E-state index is 13.8. The fourth-order valence-corrected chi connectivity index (χ4v) is 11.4. The average molecular weight is 955 g/mol. The Labute approximate surface area is 394 Å². The summed E-state index contributed by atoms with van der Waals surface area (Å²) in [6.45, 7) is 3.19. The molecule has 0 saturated carbocycles. The van der Waals surface area contributed by atoms with E-state index < -0.39 is 59.5 Å². The van der Waals surface area contributed by atoms with Gasteiger partial charge >= 0.3 is 5.97 Å². The molecule has 0 radical (unpaired) electrons. The summed E-state index contributed by atoms with van der Waals surface area (Å²) >= 11 is 0. The summed E-state index contributed by atoms with van der Waals surface area (Å²) in [6, 6.07) is 19.9. The third-order valence-electron chi connectivity index (χ3n) is 13.0. The summed E-state index contributed by atoms with van der Waals surface area (Å²) in [7, 11) is 4.79. The fourth-order valence-electron chi connectivity index (χ4n) is 9.32. The molecule has 8 rings (SSSR count). The molecule has 10 N–H and O–H groups in total. The lowest BCUT2D eigenvalue weighted by Crippen LogP contribution is -2.75. The van der Waals surface area contributed by atoms with Crippen LogP contribution in [0.3, 0.4) is 0 Å². The van der Waals surface area contributed by atoms with Crippen LogP contribution >= 0.6 is 21.6 Å². The summed E-state index contributed by atoms with van der Waals surface area (Å²) in [5, 5.41) is 62.9. The Bertz CT molecular complexity index is 2680. The van der Waals surface area contributed by atoms with Crippen LogP contribution in [-0.4, -0.2) is 111 Å². The number of nitrogens with one attached hydrogen (secondary N) is 3. The number of fused-ring (bicyclic) bond motifs is 3. The molecule has 10 atom stereocenters. The van der Waals surface area contributed by atoms with Gasteiger partial charge in [0, 0.05) is 36.7 Å². The maximum atomic E-state index is 13.8. The zero-order valence-corrected chi connectivity index (χ0v) is 38.4. The summed E-state index contributed by atoms with van der Waals surface area (Å²) in [5.74, 6) is -2.70. The number of aromatic nitrogens is 1. The van der Waals surface area contributed by atoms with Crippen LogP contribution in [0.1, 0.15) is 58.8 Å². The maximum Gasteiger partial charge on any atom is 0.335 e. The standard InChI is InChI=1S/C49H54N4O12S2/c1-26(7-8-27-9-10-28(17-19-51-2)34-6-4-3-5-33(27)34)36-23-53-47(60)49(61)44(62-25-67-66-24-37(36)30-18-20-52-22-30)41(56)43(46(58)59)65-48(49)63-32-15-16-35-38(21-32)64-42(45(50)57)39(40(35)55)29-11-13-31(54)14-12-29/h3-6,8-16,18,20-22,26,28,36-37,41,43-44,47-48,51-54,56,60-61H,7,17,19,23-25H2,1-2H3,(H2,50,57)(H,58,59). The molecule has 67 heavy (non-hydrogen) atoms. The van der Waals surface area contributed by atoms with Gasteiger partial charge in [0.1, 0.15) is 41.5 Å². The van der Waals surface area contributed by atoms with Crippen LogP contribution in [-0.2, 0) is 14.3 Å². The number of benzene rings is 3. The van der Waals surface area contributed by atoms with Crippen LogP contribution in [0, 0.1) is 11.8 Å². The number of aromatic amines is 1. The number of phenolic OH excluding ortho intramolecular Hbond substituents is 1. The number of aliphatic hydroxyl groups is 3. The molecule has 1 aliphatic carbocycles. The fraction of sp³-hybridized carbons (Fsp3) is 0.367. The van der Waals surface area contributed by atoms with Crippen molar-refractivity contribution in [3.63, 3.8) is 0 Å². The first-order chi connectivity index (χ1) is 32.3. The predicted molar refractivity (Wildman–Crippen MR) is 255 cm³/mol. The van der Waals surface area contributed by atoms with Gasteiger partial charge in [0.25, 0.3) is 5.91 Å². The number of ether oxygens (including phenoxy) is 3. The summed E-state index contributed by atoms with van der Waals surface area (Å²) in [5.41, 5.74) is 6.99.